The number of H-pyrrole nitrogens is 1. The number of allylic oxidation sites excluding steroid dienone is 4. The molecule has 0 aromatic carbocycles. The van der Waals surface area contributed by atoms with Crippen molar-refractivity contribution in [2.24, 2.45) is 5.92 Å². The van der Waals surface area contributed by atoms with Gasteiger partial charge < -0.3 is 4.98 Å². The zero-order valence-electron chi connectivity index (χ0n) is 11.1. The van der Waals surface area contributed by atoms with Gasteiger partial charge in [-0.1, -0.05) is 18.6 Å². The number of hydrogen-bond donors (Lipinski definition) is 1. The van der Waals surface area contributed by atoms with E-state index in [1.807, 2.05) is 12.4 Å². The zero-order chi connectivity index (χ0) is 12.7. The molecule has 0 saturated heterocycles. The molecule has 2 nitrogen and oxygen atoms in total. The van der Waals surface area contributed by atoms with Crippen molar-refractivity contribution in [2.45, 2.75) is 27.2 Å². The van der Waals surface area contributed by atoms with Gasteiger partial charge in [0.05, 0.1) is 0 Å². The molecule has 1 unspecified atom stereocenters. The minimum absolute atomic E-state index is 0.650. The second-order valence-electron chi connectivity index (χ2n) is 5.28. The first-order chi connectivity index (χ1) is 8.66. The Bertz CT molecular complexity index is 659. The lowest BCUT2D eigenvalue weighted by Gasteiger charge is -2.22. The van der Waals surface area contributed by atoms with Crippen LogP contribution in [-0.4, -0.2) is 9.97 Å². The van der Waals surface area contributed by atoms with Crippen molar-refractivity contribution in [3.8, 4) is 0 Å². The van der Waals surface area contributed by atoms with Gasteiger partial charge in [0, 0.05) is 17.8 Å². The van der Waals surface area contributed by atoms with Crippen LogP contribution in [0.4, 0.5) is 0 Å². The summed E-state index contributed by atoms with van der Waals surface area (Å²) >= 11 is 0. The third-order valence-corrected chi connectivity index (χ3v) is 3.71. The van der Waals surface area contributed by atoms with Gasteiger partial charge in [-0.2, -0.15) is 0 Å². The standard InChI is InChI=1S/C16H18N2/c1-10-8-11(2)15(12(3)9-10)13-4-6-17-16-14(13)5-7-18-16/h4-8,10H,9H2,1-3H3,(H,17,18). The first kappa shape index (κ1) is 11.3. The molecule has 1 atom stereocenters. The van der Waals surface area contributed by atoms with E-state index in [-0.39, 0.29) is 0 Å². The molecule has 0 radical (unpaired) electrons. The van der Waals surface area contributed by atoms with E-state index in [1.54, 1.807) is 0 Å². The second kappa shape index (κ2) is 4.13. The molecule has 1 aliphatic carbocycles. The first-order valence-corrected chi connectivity index (χ1v) is 6.48. The molecule has 0 aliphatic heterocycles. The summed E-state index contributed by atoms with van der Waals surface area (Å²) in [6, 6.07) is 4.24. The van der Waals surface area contributed by atoms with Crippen LogP contribution < -0.4 is 0 Å². The van der Waals surface area contributed by atoms with E-state index in [2.05, 4.69) is 48.9 Å². The number of rotatable bonds is 1. The predicted octanol–water partition coefficient (Wildman–Crippen LogP) is 4.32. The minimum Gasteiger partial charge on any atom is -0.346 e. The molecule has 1 N–H and O–H groups in total. The Labute approximate surface area is 107 Å². The Morgan fingerprint density at radius 1 is 1.28 bits per heavy atom. The topological polar surface area (TPSA) is 28.7 Å². The van der Waals surface area contributed by atoms with Gasteiger partial charge in [0.25, 0.3) is 0 Å². The van der Waals surface area contributed by atoms with Crippen molar-refractivity contribution in [3.05, 3.63) is 47.3 Å². The van der Waals surface area contributed by atoms with Crippen LogP contribution in [0.5, 0.6) is 0 Å². The normalized spacial score (nSPS) is 20.4. The zero-order valence-corrected chi connectivity index (χ0v) is 11.1. The van der Waals surface area contributed by atoms with Gasteiger partial charge in [-0.25, -0.2) is 4.98 Å². The number of pyridine rings is 1. The average Bonchev–Trinajstić information content (AvgIpc) is 2.76. The smallest absolute Gasteiger partial charge is 0.137 e. The van der Waals surface area contributed by atoms with Gasteiger partial charge in [-0.15, -0.1) is 0 Å². The third-order valence-electron chi connectivity index (χ3n) is 3.71. The van der Waals surface area contributed by atoms with E-state index in [4.69, 9.17) is 0 Å². The summed E-state index contributed by atoms with van der Waals surface area (Å²) in [4.78, 5) is 7.55. The molecule has 92 valence electrons. The summed E-state index contributed by atoms with van der Waals surface area (Å²) in [6.07, 6.45) is 7.38. The molecule has 0 saturated carbocycles. The van der Waals surface area contributed by atoms with E-state index in [0.29, 0.717) is 5.92 Å². The van der Waals surface area contributed by atoms with E-state index in [9.17, 15) is 0 Å². The number of aromatic amines is 1. The molecule has 0 amide bonds. The van der Waals surface area contributed by atoms with Crippen molar-refractivity contribution in [3.63, 3.8) is 0 Å². The van der Waals surface area contributed by atoms with E-state index >= 15 is 0 Å². The van der Waals surface area contributed by atoms with Gasteiger partial charge in [0.15, 0.2) is 0 Å². The minimum atomic E-state index is 0.650. The molecule has 2 aromatic rings. The Kier molecular flexibility index (Phi) is 2.58. The molecule has 0 fully saturated rings. The van der Waals surface area contributed by atoms with Crippen molar-refractivity contribution in [1.29, 1.82) is 0 Å². The van der Waals surface area contributed by atoms with Gasteiger partial charge in [-0.05, 0) is 55.0 Å². The quantitative estimate of drug-likeness (QED) is 0.787. The summed E-state index contributed by atoms with van der Waals surface area (Å²) in [7, 11) is 0. The molecule has 3 rings (SSSR count). The lowest BCUT2D eigenvalue weighted by Crippen LogP contribution is -2.04. The molecule has 18 heavy (non-hydrogen) atoms. The highest BCUT2D eigenvalue weighted by atomic mass is 14.8. The van der Waals surface area contributed by atoms with Crippen LogP contribution >= 0.6 is 0 Å². The molecular formula is C16H18N2. The Morgan fingerprint density at radius 3 is 2.89 bits per heavy atom. The molecule has 2 aromatic heterocycles. The van der Waals surface area contributed by atoms with E-state index in [1.165, 1.54) is 27.7 Å². The van der Waals surface area contributed by atoms with Crippen LogP contribution in [0.3, 0.4) is 0 Å². The highest BCUT2D eigenvalue weighted by molar-refractivity contribution is 5.95. The fraction of sp³-hybridized carbons (Fsp3) is 0.312. The number of aromatic nitrogens is 2. The van der Waals surface area contributed by atoms with Gasteiger partial charge in [0.1, 0.15) is 5.65 Å². The van der Waals surface area contributed by atoms with Crippen molar-refractivity contribution in [1.82, 2.24) is 9.97 Å². The lowest BCUT2D eigenvalue weighted by atomic mass is 9.83. The maximum absolute atomic E-state index is 4.36. The maximum atomic E-state index is 4.36. The monoisotopic (exact) mass is 238 g/mol. The van der Waals surface area contributed by atoms with E-state index < -0.39 is 0 Å². The molecule has 0 spiro atoms. The fourth-order valence-corrected chi connectivity index (χ4v) is 3.11. The summed E-state index contributed by atoms with van der Waals surface area (Å²) in [5.41, 5.74) is 6.55. The maximum Gasteiger partial charge on any atom is 0.137 e. The largest absolute Gasteiger partial charge is 0.346 e. The summed E-state index contributed by atoms with van der Waals surface area (Å²) in [5, 5.41) is 1.22. The molecule has 2 heteroatoms. The van der Waals surface area contributed by atoms with E-state index in [0.717, 1.165) is 12.1 Å². The SMILES string of the molecule is CC1=CC(C)CC(C)=C1c1ccnc2[nH]ccc12. The lowest BCUT2D eigenvalue weighted by molar-refractivity contribution is 0.704. The molecular weight excluding hydrogens is 220 g/mol. The van der Waals surface area contributed by atoms with Crippen LogP contribution in [0.25, 0.3) is 16.6 Å². The Morgan fingerprint density at radius 2 is 2.11 bits per heavy atom. The van der Waals surface area contributed by atoms with Gasteiger partial charge in [0.2, 0.25) is 0 Å². The van der Waals surface area contributed by atoms with Crippen LogP contribution in [0.15, 0.2) is 41.7 Å². The number of hydrogen-bond acceptors (Lipinski definition) is 1. The second-order valence-corrected chi connectivity index (χ2v) is 5.28. The third kappa shape index (κ3) is 1.69. The number of nitrogens with zero attached hydrogens (tertiary/aromatic N) is 1. The van der Waals surface area contributed by atoms with Crippen molar-refractivity contribution in [2.75, 3.05) is 0 Å². The fourth-order valence-electron chi connectivity index (χ4n) is 3.11. The van der Waals surface area contributed by atoms with Crippen LogP contribution in [0, 0.1) is 5.92 Å². The van der Waals surface area contributed by atoms with Crippen LogP contribution in [-0.2, 0) is 0 Å². The molecule has 1 aliphatic rings. The molecule has 2 heterocycles. The Hall–Kier alpha value is -1.83. The summed E-state index contributed by atoms with van der Waals surface area (Å²) in [6.45, 7) is 6.75. The Balaban J connectivity index is 2.24. The van der Waals surface area contributed by atoms with Gasteiger partial charge >= 0.3 is 0 Å². The van der Waals surface area contributed by atoms with Crippen molar-refractivity contribution < 1.29 is 0 Å². The summed E-state index contributed by atoms with van der Waals surface area (Å²) in [5.74, 6) is 0.650. The van der Waals surface area contributed by atoms with Gasteiger partial charge in [-0.3, -0.25) is 0 Å². The predicted molar refractivity (Wildman–Crippen MR) is 76.2 cm³/mol. The summed E-state index contributed by atoms with van der Waals surface area (Å²) < 4.78 is 0. The van der Waals surface area contributed by atoms with Crippen LogP contribution in [0.1, 0.15) is 32.8 Å². The van der Waals surface area contributed by atoms with Crippen molar-refractivity contribution >= 4 is 16.6 Å². The number of fused-ring (bicyclic) bond motifs is 1. The first-order valence-electron chi connectivity index (χ1n) is 6.48. The van der Waals surface area contributed by atoms with Crippen LogP contribution in [0.2, 0.25) is 0 Å². The highest BCUT2D eigenvalue weighted by Gasteiger charge is 2.18. The number of nitrogens with one attached hydrogen (secondary N) is 1. The molecule has 0 bridgehead atoms. The average molecular weight is 238 g/mol. The highest BCUT2D eigenvalue weighted by Crippen LogP contribution is 2.37.